The van der Waals surface area contributed by atoms with Gasteiger partial charge in [0.05, 0.1) is 27.4 Å². The van der Waals surface area contributed by atoms with Gasteiger partial charge in [0.15, 0.2) is 0 Å². The van der Waals surface area contributed by atoms with E-state index in [0.717, 1.165) is 57.5 Å². The Balaban J connectivity index is 1.63. The maximum atomic E-state index is 6.46. The summed E-state index contributed by atoms with van der Waals surface area (Å²) in [5.41, 5.74) is 11.1. The van der Waals surface area contributed by atoms with E-state index in [1.807, 2.05) is 17.9 Å². The molecule has 0 bridgehead atoms. The van der Waals surface area contributed by atoms with Crippen LogP contribution in [0.3, 0.4) is 0 Å². The maximum absolute atomic E-state index is 6.46. The monoisotopic (exact) mass is 586 g/mol. The normalized spacial score (nSPS) is 12.9. The Morgan fingerprint density at radius 3 is 2.52 bits per heavy atom. The fourth-order valence-electron chi connectivity index (χ4n) is 3.94. The van der Waals surface area contributed by atoms with E-state index in [1.54, 1.807) is 13.3 Å². The lowest BCUT2D eigenvalue weighted by Gasteiger charge is -2.15. The number of anilines is 1. The van der Waals surface area contributed by atoms with E-state index in [2.05, 4.69) is 61.0 Å². The molecule has 8 heteroatoms. The molecule has 0 spiro atoms. The smallest absolute Gasteiger partial charge is 0.0879 e. The molecule has 0 aliphatic rings. The number of rotatable bonds is 8. The summed E-state index contributed by atoms with van der Waals surface area (Å²) in [6, 6.07) is 4.19. The largest absolute Gasteiger partial charge is 0.397 e. The number of aryl methyl sites for hydroxylation is 3. The topological polar surface area (TPSA) is 56.2 Å². The molecule has 166 valence electrons. The third-order valence-electron chi connectivity index (χ3n) is 5.69. The number of nitrogens with two attached hydrogens (primary N) is 1. The fraction of sp³-hybridized carbons (Fsp3) is 0.391. The second kappa shape index (κ2) is 10.7. The summed E-state index contributed by atoms with van der Waals surface area (Å²) < 4.78 is 3.59. The van der Waals surface area contributed by atoms with Crippen LogP contribution in [0.2, 0.25) is 10.0 Å². The molecule has 0 aliphatic carbocycles. The van der Waals surface area contributed by atoms with E-state index in [9.17, 15) is 0 Å². The predicted molar refractivity (Wildman–Crippen MR) is 141 cm³/mol. The third kappa shape index (κ3) is 5.47. The van der Waals surface area contributed by atoms with Crippen molar-refractivity contribution in [2.24, 2.45) is 18.0 Å². The number of aromatic nitrogens is 2. The van der Waals surface area contributed by atoms with E-state index in [-0.39, 0.29) is 0 Å². The van der Waals surface area contributed by atoms with Crippen molar-refractivity contribution in [1.29, 1.82) is 0 Å². The number of halogens is 4. The van der Waals surface area contributed by atoms with E-state index in [0.29, 0.717) is 21.7 Å². The molecule has 31 heavy (non-hydrogen) atoms. The molecule has 0 aliphatic heterocycles. The Morgan fingerprint density at radius 2 is 1.81 bits per heavy atom. The van der Waals surface area contributed by atoms with Crippen LogP contribution in [-0.2, 0) is 19.9 Å². The summed E-state index contributed by atoms with van der Waals surface area (Å²) in [4.78, 5) is 4.15. The van der Waals surface area contributed by atoms with Crippen molar-refractivity contribution in [3.05, 3.63) is 54.0 Å². The van der Waals surface area contributed by atoms with Crippen molar-refractivity contribution in [1.82, 2.24) is 9.78 Å². The van der Waals surface area contributed by atoms with Crippen molar-refractivity contribution >= 4 is 77.9 Å². The maximum Gasteiger partial charge on any atom is 0.0879 e. The minimum atomic E-state index is 0.544. The Bertz CT molecular complexity index is 1120. The molecular formula is C23H26Br2Cl2N4. The van der Waals surface area contributed by atoms with Gasteiger partial charge in [0.2, 0.25) is 0 Å². The summed E-state index contributed by atoms with van der Waals surface area (Å²) in [5.74, 6) is 0.595. The summed E-state index contributed by atoms with van der Waals surface area (Å²) in [7, 11) is 3.67. The van der Waals surface area contributed by atoms with E-state index >= 15 is 0 Å². The fourth-order valence-corrected chi connectivity index (χ4v) is 5.33. The number of nitrogens with zero attached hydrogens (tertiary/aromatic N) is 3. The molecule has 0 radical (unpaired) electrons. The standard InChI is InChI=1S/C23H26Br2Cl2N4/c1-13(5-4-6-14-9-18(24)20(26)22(28)16(14)11-29-2)7-8-15-10-19(25)21(27)23-17(15)12-30-31(23)3/h9-13H,4-8,28H2,1-3H3. The molecule has 0 saturated carbocycles. The highest BCUT2D eigenvalue weighted by Crippen LogP contribution is 2.35. The predicted octanol–water partition coefficient (Wildman–Crippen LogP) is 7.63. The highest BCUT2D eigenvalue weighted by atomic mass is 79.9. The lowest BCUT2D eigenvalue weighted by Crippen LogP contribution is -2.04. The molecule has 2 aromatic carbocycles. The lowest BCUT2D eigenvalue weighted by atomic mass is 9.93. The van der Waals surface area contributed by atoms with Crippen LogP contribution in [0.5, 0.6) is 0 Å². The quantitative estimate of drug-likeness (QED) is 0.217. The minimum absolute atomic E-state index is 0.544. The van der Waals surface area contributed by atoms with Crippen molar-refractivity contribution in [3.63, 3.8) is 0 Å². The summed E-state index contributed by atoms with van der Waals surface area (Å²) >= 11 is 19.9. The zero-order valence-electron chi connectivity index (χ0n) is 17.9. The minimum Gasteiger partial charge on any atom is -0.397 e. The van der Waals surface area contributed by atoms with Gasteiger partial charge in [-0.25, -0.2) is 0 Å². The van der Waals surface area contributed by atoms with Crippen LogP contribution in [-0.4, -0.2) is 23.0 Å². The van der Waals surface area contributed by atoms with Gasteiger partial charge in [0, 0.05) is 40.2 Å². The average Bonchev–Trinajstić information content (AvgIpc) is 3.12. The van der Waals surface area contributed by atoms with Gasteiger partial charge in [-0.05, 0) is 86.7 Å². The van der Waals surface area contributed by atoms with Crippen LogP contribution >= 0.6 is 55.1 Å². The number of hydrogen-bond donors (Lipinski definition) is 1. The highest BCUT2D eigenvalue weighted by molar-refractivity contribution is 9.10. The van der Waals surface area contributed by atoms with Gasteiger partial charge in [-0.2, -0.15) is 5.10 Å². The molecular weight excluding hydrogens is 563 g/mol. The van der Waals surface area contributed by atoms with Crippen molar-refractivity contribution < 1.29 is 0 Å². The van der Waals surface area contributed by atoms with Gasteiger partial charge >= 0.3 is 0 Å². The third-order valence-corrected chi connectivity index (χ3v) is 8.19. The van der Waals surface area contributed by atoms with Crippen molar-refractivity contribution in [2.75, 3.05) is 12.8 Å². The first-order valence-corrected chi connectivity index (χ1v) is 12.6. The van der Waals surface area contributed by atoms with E-state index in [4.69, 9.17) is 28.9 Å². The first-order chi connectivity index (χ1) is 14.7. The Labute approximate surface area is 210 Å². The lowest BCUT2D eigenvalue weighted by molar-refractivity contribution is 0.476. The Morgan fingerprint density at radius 1 is 1.13 bits per heavy atom. The second-order valence-corrected chi connectivity index (χ2v) is 10.4. The SMILES string of the molecule is CN=Cc1c(CCCC(C)CCc2cc(Br)c(Cl)c3c2cnn3C)cc(Br)c(Cl)c1N. The first-order valence-electron chi connectivity index (χ1n) is 10.2. The molecule has 0 amide bonds. The molecule has 2 N–H and O–H groups in total. The molecule has 1 atom stereocenters. The zero-order chi connectivity index (χ0) is 22.7. The molecule has 1 unspecified atom stereocenters. The van der Waals surface area contributed by atoms with Crippen LogP contribution in [0.4, 0.5) is 5.69 Å². The molecule has 1 aromatic heterocycles. The molecule has 3 rings (SSSR count). The Kier molecular flexibility index (Phi) is 8.47. The number of aliphatic imine (C=N–C) groups is 1. The van der Waals surface area contributed by atoms with Crippen LogP contribution < -0.4 is 5.73 Å². The average molecular weight is 589 g/mol. The first kappa shape index (κ1) is 24.6. The van der Waals surface area contributed by atoms with E-state index < -0.39 is 0 Å². The van der Waals surface area contributed by atoms with Gasteiger partial charge in [-0.15, -0.1) is 0 Å². The number of fused-ring (bicyclic) bond motifs is 1. The van der Waals surface area contributed by atoms with E-state index in [1.165, 1.54) is 11.1 Å². The molecule has 1 heterocycles. The van der Waals surface area contributed by atoms with Crippen molar-refractivity contribution in [3.8, 4) is 0 Å². The van der Waals surface area contributed by atoms with Gasteiger partial charge in [-0.1, -0.05) is 36.5 Å². The molecule has 4 nitrogen and oxygen atoms in total. The number of benzene rings is 2. The van der Waals surface area contributed by atoms with Gasteiger partial charge in [-0.3, -0.25) is 9.67 Å². The highest BCUT2D eigenvalue weighted by Gasteiger charge is 2.15. The van der Waals surface area contributed by atoms with Crippen LogP contribution in [0.25, 0.3) is 10.9 Å². The van der Waals surface area contributed by atoms with Crippen LogP contribution in [0.1, 0.15) is 42.9 Å². The second-order valence-electron chi connectivity index (χ2n) is 7.94. The summed E-state index contributed by atoms with van der Waals surface area (Å²) in [6.45, 7) is 2.31. The van der Waals surface area contributed by atoms with Crippen molar-refractivity contribution in [2.45, 2.75) is 39.0 Å². The number of hydrogen-bond acceptors (Lipinski definition) is 3. The zero-order valence-corrected chi connectivity index (χ0v) is 22.5. The molecule has 0 saturated heterocycles. The number of nitrogen functional groups attached to an aromatic ring is 1. The van der Waals surface area contributed by atoms with Crippen LogP contribution in [0.15, 0.2) is 32.3 Å². The Hall–Kier alpha value is -1.08. The summed E-state index contributed by atoms with van der Waals surface area (Å²) in [5, 5.41) is 6.78. The summed E-state index contributed by atoms with van der Waals surface area (Å²) in [6.07, 6.45) is 8.95. The van der Waals surface area contributed by atoms with Crippen LogP contribution in [0, 0.1) is 5.92 Å². The van der Waals surface area contributed by atoms with Gasteiger partial charge in [0.25, 0.3) is 0 Å². The molecule has 0 fully saturated rings. The van der Waals surface area contributed by atoms with Gasteiger partial charge < -0.3 is 5.73 Å². The van der Waals surface area contributed by atoms with Gasteiger partial charge in [0.1, 0.15) is 0 Å². The molecule has 3 aromatic rings.